The third kappa shape index (κ3) is 18.2. The second-order valence-electron chi connectivity index (χ2n) is 1.90. The summed E-state index contributed by atoms with van der Waals surface area (Å²) in [6, 6.07) is 0. The van der Waals surface area contributed by atoms with Crippen LogP contribution in [0.4, 0.5) is 0 Å². The second kappa shape index (κ2) is 17.1. The van der Waals surface area contributed by atoms with Gasteiger partial charge in [-0.1, -0.05) is 6.92 Å². The van der Waals surface area contributed by atoms with Gasteiger partial charge in [-0.2, -0.15) is 6.92 Å². The van der Waals surface area contributed by atoms with Crippen molar-refractivity contribution in [2.45, 2.75) is 26.7 Å². The first kappa shape index (κ1) is 17.9. The van der Waals surface area contributed by atoms with Gasteiger partial charge < -0.3 is 27.8 Å². The van der Waals surface area contributed by atoms with E-state index in [0.717, 1.165) is 13.2 Å². The topological polar surface area (TPSA) is 9.23 Å². The molecule has 1 rings (SSSR count). The van der Waals surface area contributed by atoms with Crippen LogP contribution in [0.15, 0.2) is 6.08 Å². The van der Waals surface area contributed by atoms with E-state index in [1.807, 2.05) is 19.9 Å². The van der Waals surface area contributed by atoms with Crippen LogP contribution in [0.25, 0.3) is 0 Å². The fourth-order valence-electron chi connectivity index (χ4n) is 0.510. The molecule has 0 aromatic heterocycles. The molecule has 0 bridgehead atoms. The first-order chi connectivity index (χ1) is 4.41. The third-order valence-corrected chi connectivity index (χ3v) is 1.12. The van der Waals surface area contributed by atoms with E-state index in [4.69, 9.17) is 4.74 Å². The van der Waals surface area contributed by atoms with Crippen molar-refractivity contribution in [2.24, 2.45) is 0 Å². The first-order valence-corrected chi connectivity index (χ1v) is 3.44. The first-order valence-electron chi connectivity index (χ1n) is 3.44. The molecule has 1 aliphatic rings. The van der Waals surface area contributed by atoms with Crippen LogP contribution < -0.4 is 17.0 Å². The Balaban J connectivity index is -0.000000101. The molecule has 0 radical (unpaired) electrons. The van der Waals surface area contributed by atoms with Crippen LogP contribution in [0.5, 0.6) is 0 Å². The minimum atomic E-state index is 0. The zero-order valence-corrected chi connectivity index (χ0v) is 10.4. The van der Waals surface area contributed by atoms with E-state index >= 15 is 0 Å². The Labute approximate surface area is 96.5 Å². The SMILES string of the molecule is C1CCOC1.C[C-]=CC.[Br-].[Mg+2]. The molecule has 0 spiro atoms. The predicted octanol–water partition coefficient (Wildman–Crippen LogP) is -1.19. The van der Waals surface area contributed by atoms with E-state index in [0.29, 0.717) is 0 Å². The monoisotopic (exact) mass is 230 g/mol. The van der Waals surface area contributed by atoms with Gasteiger partial charge in [0, 0.05) is 13.2 Å². The maximum absolute atomic E-state index is 4.94. The van der Waals surface area contributed by atoms with Crippen molar-refractivity contribution in [3.63, 3.8) is 0 Å². The average Bonchev–Trinajstić information content (AvgIpc) is 2.43. The molecule has 0 aromatic rings. The van der Waals surface area contributed by atoms with Crippen LogP contribution in [-0.4, -0.2) is 36.3 Å². The Morgan fingerprint density at radius 1 is 1.27 bits per heavy atom. The van der Waals surface area contributed by atoms with Crippen molar-refractivity contribution in [1.82, 2.24) is 0 Å². The summed E-state index contributed by atoms with van der Waals surface area (Å²) in [5, 5.41) is 0. The fourth-order valence-corrected chi connectivity index (χ4v) is 0.510. The molecule has 1 heterocycles. The summed E-state index contributed by atoms with van der Waals surface area (Å²) in [7, 11) is 0. The van der Waals surface area contributed by atoms with Gasteiger partial charge in [0.1, 0.15) is 0 Å². The van der Waals surface area contributed by atoms with E-state index in [1.54, 1.807) is 0 Å². The van der Waals surface area contributed by atoms with E-state index in [1.165, 1.54) is 12.8 Å². The Bertz CT molecular complexity index is 60.9. The van der Waals surface area contributed by atoms with Gasteiger partial charge in [0.05, 0.1) is 0 Å². The van der Waals surface area contributed by atoms with Gasteiger partial charge in [-0.25, -0.2) is 0 Å². The molecule has 0 aromatic carbocycles. The number of rotatable bonds is 0. The standard InChI is InChI=1S/C4H8O.C4H7.BrH.Mg/c1-2-4-5-3-1;1-3-4-2;;/h1-4H2;3H,1-2H3;1H;/q;-1;;+2/p-1. The molecule has 0 amide bonds. The van der Waals surface area contributed by atoms with Gasteiger partial charge in [0.15, 0.2) is 0 Å². The number of halogens is 1. The van der Waals surface area contributed by atoms with Crippen LogP contribution in [0.1, 0.15) is 26.7 Å². The van der Waals surface area contributed by atoms with Crippen LogP contribution in [0, 0.1) is 6.08 Å². The number of ether oxygens (including phenoxy) is 1. The van der Waals surface area contributed by atoms with E-state index in [-0.39, 0.29) is 40.0 Å². The van der Waals surface area contributed by atoms with E-state index in [9.17, 15) is 0 Å². The zero-order valence-electron chi connectivity index (χ0n) is 7.40. The Kier molecular flexibility index (Phi) is 27.9. The average molecular weight is 231 g/mol. The summed E-state index contributed by atoms with van der Waals surface area (Å²) in [6.45, 7) is 5.82. The van der Waals surface area contributed by atoms with Crippen molar-refractivity contribution >= 4 is 23.1 Å². The number of hydrogen-bond donors (Lipinski definition) is 0. The van der Waals surface area contributed by atoms with Gasteiger partial charge >= 0.3 is 23.1 Å². The molecular weight excluding hydrogens is 216 g/mol. The van der Waals surface area contributed by atoms with Crippen LogP contribution >= 0.6 is 0 Å². The van der Waals surface area contributed by atoms with Gasteiger partial charge in [-0.15, -0.1) is 0 Å². The number of allylic oxidation sites excluding steroid dienone is 2. The summed E-state index contributed by atoms with van der Waals surface area (Å²) in [5.74, 6) is 0. The Morgan fingerprint density at radius 2 is 1.64 bits per heavy atom. The summed E-state index contributed by atoms with van der Waals surface area (Å²) in [6.07, 6.45) is 7.24. The van der Waals surface area contributed by atoms with Crippen molar-refractivity contribution in [3.8, 4) is 0 Å². The maximum Gasteiger partial charge on any atom is 2.00 e. The van der Waals surface area contributed by atoms with Gasteiger partial charge in [-0.05, 0) is 12.8 Å². The molecule has 1 aliphatic heterocycles. The normalized spacial score (nSPS) is 14.4. The fraction of sp³-hybridized carbons (Fsp3) is 0.750. The van der Waals surface area contributed by atoms with Gasteiger partial charge in [0.2, 0.25) is 0 Å². The quantitative estimate of drug-likeness (QED) is 0.376. The van der Waals surface area contributed by atoms with Crippen LogP contribution in [-0.2, 0) is 4.74 Å². The van der Waals surface area contributed by atoms with E-state index in [2.05, 4.69) is 6.08 Å². The smallest absolute Gasteiger partial charge is 1.00 e. The zero-order chi connectivity index (χ0) is 6.95. The predicted molar refractivity (Wildman–Crippen MR) is 45.0 cm³/mol. The molecule has 0 N–H and O–H groups in total. The molecule has 0 saturated carbocycles. The molecular formula is C8H15BrMgO. The second-order valence-corrected chi connectivity index (χ2v) is 1.90. The Hall–Kier alpha value is 0.946. The summed E-state index contributed by atoms with van der Waals surface area (Å²) in [5.41, 5.74) is 0. The molecule has 62 valence electrons. The largest absolute Gasteiger partial charge is 2.00 e. The molecule has 0 unspecified atom stereocenters. The minimum absolute atomic E-state index is 0. The van der Waals surface area contributed by atoms with E-state index < -0.39 is 0 Å². The molecule has 3 heteroatoms. The summed E-state index contributed by atoms with van der Waals surface area (Å²) >= 11 is 0. The van der Waals surface area contributed by atoms with Gasteiger partial charge in [-0.3, -0.25) is 6.08 Å². The van der Waals surface area contributed by atoms with Crippen molar-refractivity contribution in [1.29, 1.82) is 0 Å². The van der Waals surface area contributed by atoms with Gasteiger partial charge in [0.25, 0.3) is 0 Å². The van der Waals surface area contributed by atoms with Crippen molar-refractivity contribution in [2.75, 3.05) is 13.2 Å². The molecule has 1 saturated heterocycles. The van der Waals surface area contributed by atoms with Crippen molar-refractivity contribution in [3.05, 3.63) is 12.2 Å². The van der Waals surface area contributed by atoms with Crippen molar-refractivity contribution < 1.29 is 21.7 Å². The number of hydrogen-bond acceptors (Lipinski definition) is 1. The van der Waals surface area contributed by atoms with Crippen LogP contribution in [0.2, 0.25) is 0 Å². The summed E-state index contributed by atoms with van der Waals surface area (Å²) in [4.78, 5) is 0. The minimum Gasteiger partial charge on any atom is -1.00 e. The molecule has 0 atom stereocenters. The molecule has 11 heavy (non-hydrogen) atoms. The van der Waals surface area contributed by atoms with Crippen LogP contribution in [0.3, 0.4) is 0 Å². The Morgan fingerprint density at radius 3 is 1.73 bits per heavy atom. The maximum atomic E-state index is 4.94. The summed E-state index contributed by atoms with van der Waals surface area (Å²) < 4.78 is 4.94. The molecule has 1 fully saturated rings. The molecule has 1 nitrogen and oxygen atoms in total. The molecule has 0 aliphatic carbocycles. The third-order valence-electron chi connectivity index (χ3n) is 1.12.